The van der Waals surface area contributed by atoms with Crippen LogP contribution in [-0.2, 0) is 0 Å². The summed E-state index contributed by atoms with van der Waals surface area (Å²) in [6.07, 6.45) is 3.13. The molecule has 0 saturated heterocycles. The molecule has 0 spiro atoms. The second-order valence-corrected chi connectivity index (χ2v) is 5.88. The van der Waals surface area contributed by atoms with Gasteiger partial charge in [0.1, 0.15) is 5.75 Å². The Hall–Kier alpha value is -0.580. The highest BCUT2D eigenvalue weighted by Crippen LogP contribution is 2.36. The number of nitrogens with two attached hydrogens (primary N) is 1. The molecule has 0 bridgehead atoms. The number of hydrogen-bond acceptors (Lipinski definition) is 3. The molecule has 1 atom stereocenters. The van der Waals surface area contributed by atoms with Gasteiger partial charge in [-0.3, -0.25) is 0 Å². The Balaban J connectivity index is 2.19. The van der Waals surface area contributed by atoms with Crippen molar-refractivity contribution in [1.82, 2.24) is 0 Å². The fraction of sp³-hybridized carbons (Fsp3) is 0.571. The highest BCUT2D eigenvalue weighted by molar-refractivity contribution is 9.10. The molecule has 3 N–H and O–H groups in total. The van der Waals surface area contributed by atoms with Crippen LogP contribution >= 0.6 is 15.9 Å². The van der Waals surface area contributed by atoms with Crippen molar-refractivity contribution < 1.29 is 9.84 Å². The molecule has 4 heteroatoms. The van der Waals surface area contributed by atoms with Gasteiger partial charge in [0.2, 0.25) is 0 Å². The van der Waals surface area contributed by atoms with Gasteiger partial charge < -0.3 is 15.6 Å². The SMILES string of the molecule is Cc1cc(Br)c(OCC2CCC2)c(C(O)CN)c1. The quantitative estimate of drug-likeness (QED) is 0.878. The molecule has 1 aliphatic carbocycles. The van der Waals surface area contributed by atoms with Crippen molar-refractivity contribution >= 4 is 15.9 Å². The Morgan fingerprint density at radius 2 is 2.22 bits per heavy atom. The molecule has 0 heterocycles. The van der Waals surface area contributed by atoms with E-state index in [1.165, 1.54) is 19.3 Å². The van der Waals surface area contributed by atoms with Crippen LogP contribution in [0.15, 0.2) is 16.6 Å². The van der Waals surface area contributed by atoms with Gasteiger partial charge in [-0.2, -0.15) is 0 Å². The Morgan fingerprint density at radius 3 is 2.78 bits per heavy atom. The molecular formula is C14H20BrNO2. The number of aliphatic hydroxyl groups is 1. The Labute approximate surface area is 116 Å². The summed E-state index contributed by atoms with van der Waals surface area (Å²) in [4.78, 5) is 0. The van der Waals surface area contributed by atoms with Gasteiger partial charge >= 0.3 is 0 Å². The summed E-state index contributed by atoms with van der Waals surface area (Å²) in [7, 11) is 0. The summed E-state index contributed by atoms with van der Waals surface area (Å²) in [5.41, 5.74) is 7.41. The second kappa shape index (κ2) is 6.04. The number of benzene rings is 1. The van der Waals surface area contributed by atoms with Gasteiger partial charge in [0.05, 0.1) is 17.2 Å². The molecule has 18 heavy (non-hydrogen) atoms. The van der Waals surface area contributed by atoms with E-state index in [0.717, 1.165) is 28.0 Å². The molecule has 1 aromatic carbocycles. The van der Waals surface area contributed by atoms with Crippen molar-refractivity contribution in [3.8, 4) is 5.75 Å². The monoisotopic (exact) mass is 313 g/mol. The Morgan fingerprint density at radius 1 is 1.50 bits per heavy atom. The minimum Gasteiger partial charge on any atom is -0.492 e. The van der Waals surface area contributed by atoms with E-state index in [9.17, 15) is 5.11 Å². The Bertz CT molecular complexity index is 419. The average Bonchev–Trinajstić information content (AvgIpc) is 2.28. The summed E-state index contributed by atoms with van der Waals surface area (Å²) < 4.78 is 6.78. The molecule has 1 aliphatic rings. The van der Waals surface area contributed by atoms with E-state index >= 15 is 0 Å². The maximum absolute atomic E-state index is 9.97. The highest BCUT2D eigenvalue weighted by atomic mass is 79.9. The number of hydrogen-bond donors (Lipinski definition) is 2. The van der Waals surface area contributed by atoms with Crippen LogP contribution in [0.4, 0.5) is 0 Å². The lowest BCUT2D eigenvalue weighted by molar-refractivity contribution is 0.158. The fourth-order valence-corrected chi connectivity index (χ4v) is 2.85. The number of ether oxygens (including phenoxy) is 1. The molecule has 1 fully saturated rings. The van der Waals surface area contributed by atoms with Crippen LogP contribution in [-0.4, -0.2) is 18.3 Å². The van der Waals surface area contributed by atoms with Crippen LogP contribution in [0.2, 0.25) is 0 Å². The minimum atomic E-state index is -0.669. The van der Waals surface area contributed by atoms with Crippen LogP contribution < -0.4 is 10.5 Å². The lowest BCUT2D eigenvalue weighted by Gasteiger charge is -2.26. The zero-order chi connectivity index (χ0) is 13.1. The lowest BCUT2D eigenvalue weighted by Crippen LogP contribution is -2.21. The van der Waals surface area contributed by atoms with Crippen LogP contribution in [0, 0.1) is 12.8 Å². The second-order valence-electron chi connectivity index (χ2n) is 5.02. The third-order valence-corrected chi connectivity index (χ3v) is 4.08. The van der Waals surface area contributed by atoms with E-state index in [0.29, 0.717) is 5.92 Å². The highest BCUT2D eigenvalue weighted by Gasteiger charge is 2.21. The van der Waals surface area contributed by atoms with Gasteiger partial charge in [-0.25, -0.2) is 0 Å². The average molecular weight is 314 g/mol. The van der Waals surface area contributed by atoms with Crippen LogP contribution in [0.1, 0.15) is 36.5 Å². The van der Waals surface area contributed by atoms with Gasteiger partial charge in [-0.15, -0.1) is 0 Å². The van der Waals surface area contributed by atoms with E-state index in [1.807, 2.05) is 19.1 Å². The third-order valence-electron chi connectivity index (χ3n) is 3.49. The molecule has 1 saturated carbocycles. The zero-order valence-corrected chi connectivity index (χ0v) is 12.2. The molecule has 100 valence electrons. The first-order chi connectivity index (χ1) is 8.61. The summed E-state index contributed by atoms with van der Waals surface area (Å²) in [5, 5.41) is 9.97. The molecule has 0 aliphatic heterocycles. The molecular weight excluding hydrogens is 294 g/mol. The van der Waals surface area contributed by atoms with Gasteiger partial charge in [-0.05, 0) is 59.3 Å². The molecule has 2 rings (SSSR count). The standard InChI is InChI=1S/C14H20BrNO2/c1-9-5-11(13(17)7-16)14(12(15)6-9)18-8-10-3-2-4-10/h5-6,10,13,17H,2-4,7-8,16H2,1H3. The molecule has 3 nitrogen and oxygen atoms in total. The summed E-state index contributed by atoms with van der Waals surface area (Å²) >= 11 is 3.51. The Kier molecular flexibility index (Phi) is 4.65. The van der Waals surface area contributed by atoms with Gasteiger partial charge in [0, 0.05) is 12.1 Å². The molecule has 0 amide bonds. The normalized spacial score (nSPS) is 17.3. The maximum atomic E-state index is 9.97. The van der Waals surface area contributed by atoms with E-state index in [4.69, 9.17) is 10.5 Å². The van der Waals surface area contributed by atoms with Crippen LogP contribution in [0.3, 0.4) is 0 Å². The van der Waals surface area contributed by atoms with Crippen molar-refractivity contribution in [3.05, 3.63) is 27.7 Å². The van der Waals surface area contributed by atoms with Gasteiger partial charge in [0.15, 0.2) is 0 Å². The lowest BCUT2D eigenvalue weighted by atomic mass is 9.86. The number of rotatable bonds is 5. The summed E-state index contributed by atoms with van der Waals surface area (Å²) in [5.74, 6) is 1.41. The maximum Gasteiger partial charge on any atom is 0.139 e. The van der Waals surface area contributed by atoms with Crippen molar-refractivity contribution in [2.24, 2.45) is 11.7 Å². The van der Waals surface area contributed by atoms with Crippen molar-refractivity contribution in [2.45, 2.75) is 32.3 Å². The minimum absolute atomic E-state index is 0.204. The summed E-state index contributed by atoms with van der Waals surface area (Å²) in [6.45, 7) is 2.93. The fourth-order valence-electron chi connectivity index (χ4n) is 2.14. The van der Waals surface area contributed by atoms with Crippen molar-refractivity contribution in [3.63, 3.8) is 0 Å². The predicted molar refractivity (Wildman–Crippen MR) is 75.7 cm³/mol. The van der Waals surface area contributed by atoms with Crippen molar-refractivity contribution in [1.29, 1.82) is 0 Å². The molecule has 0 aromatic heterocycles. The molecule has 1 aromatic rings. The third kappa shape index (κ3) is 3.05. The van der Waals surface area contributed by atoms with Crippen LogP contribution in [0.25, 0.3) is 0 Å². The largest absolute Gasteiger partial charge is 0.492 e. The van der Waals surface area contributed by atoms with E-state index in [2.05, 4.69) is 15.9 Å². The predicted octanol–water partition coefficient (Wildman–Crippen LogP) is 2.93. The summed E-state index contributed by atoms with van der Waals surface area (Å²) in [6, 6.07) is 3.95. The zero-order valence-electron chi connectivity index (χ0n) is 10.7. The van der Waals surface area contributed by atoms with Gasteiger partial charge in [-0.1, -0.05) is 6.42 Å². The first-order valence-corrected chi connectivity index (χ1v) is 7.22. The van der Waals surface area contributed by atoms with Gasteiger partial charge in [0.25, 0.3) is 0 Å². The first-order valence-electron chi connectivity index (χ1n) is 6.42. The van der Waals surface area contributed by atoms with Crippen LogP contribution in [0.5, 0.6) is 5.75 Å². The number of aliphatic hydroxyl groups excluding tert-OH is 1. The number of aryl methyl sites for hydroxylation is 1. The van der Waals surface area contributed by atoms with Crippen molar-refractivity contribution in [2.75, 3.05) is 13.2 Å². The first kappa shape index (κ1) is 13.8. The van der Waals surface area contributed by atoms with E-state index in [1.54, 1.807) is 0 Å². The smallest absolute Gasteiger partial charge is 0.139 e. The molecule has 1 unspecified atom stereocenters. The topological polar surface area (TPSA) is 55.5 Å². The molecule has 0 radical (unpaired) electrons. The van der Waals surface area contributed by atoms with E-state index in [-0.39, 0.29) is 6.54 Å². The number of halogens is 1. The van der Waals surface area contributed by atoms with E-state index < -0.39 is 6.10 Å².